The van der Waals surface area contributed by atoms with Gasteiger partial charge in [0, 0.05) is 18.4 Å². The van der Waals surface area contributed by atoms with Gasteiger partial charge in [-0.15, -0.1) is 0 Å². The van der Waals surface area contributed by atoms with Crippen molar-refractivity contribution in [3.8, 4) is 5.75 Å². The molecule has 0 heterocycles. The van der Waals surface area contributed by atoms with E-state index in [9.17, 15) is 4.79 Å². The highest BCUT2D eigenvalue weighted by molar-refractivity contribution is 5.74. The molecule has 4 heteroatoms. The molecule has 188 valence electrons. The molecular weight excluding hydrogens is 422 g/mol. The van der Waals surface area contributed by atoms with Crippen LogP contribution >= 0.6 is 0 Å². The van der Waals surface area contributed by atoms with Crippen molar-refractivity contribution in [2.75, 3.05) is 27.3 Å². The molecule has 0 aliphatic heterocycles. The van der Waals surface area contributed by atoms with Gasteiger partial charge in [-0.3, -0.25) is 0 Å². The number of carbonyl (C=O) groups is 1. The minimum atomic E-state index is -0.181. The van der Waals surface area contributed by atoms with Crippen LogP contribution < -0.4 is 4.74 Å². The van der Waals surface area contributed by atoms with Crippen molar-refractivity contribution < 1.29 is 18.8 Å². The minimum Gasteiger partial charge on any atom is -0.493 e. The molecule has 2 aromatic rings. The van der Waals surface area contributed by atoms with Crippen molar-refractivity contribution in [2.45, 2.75) is 84.2 Å². The van der Waals surface area contributed by atoms with E-state index in [0.717, 1.165) is 25.1 Å². The van der Waals surface area contributed by atoms with Crippen LogP contribution in [0.3, 0.4) is 0 Å². The van der Waals surface area contributed by atoms with Gasteiger partial charge in [-0.05, 0) is 24.5 Å². The molecule has 0 aliphatic rings. The molecule has 2 rings (SSSR count). The average molecular weight is 469 g/mol. The molecule has 2 aromatic carbocycles. The van der Waals surface area contributed by atoms with E-state index in [1.54, 1.807) is 0 Å². The summed E-state index contributed by atoms with van der Waals surface area (Å²) in [7, 11) is 4.21. The Morgan fingerprint density at radius 3 is 2.24 bits per heavy atom. The van der Waals surface area contributed by atoms with E-state index >= 15 is 0 Å². The van der Waals surface area contributed by atoms with Gasteiger partial charge in [0.25, 0.3) is 0 Å². The van der Waals surface area contributed by atoms with E-state index in [-0.39, 0.29) is 12.0 Å². The van der Waals surface area contributed by atoms with Crippen LogP contribution in [0, 0.1) is 0 Å². The van der Waals surface area contributed by atoms with Gasteiger partial charge in [0.05, 0.1) is 27.3 Å². The standard InChI is InChI=1S/C30H46NO3/c1-5-7-8-9-10-14-20-27-21-15-16-22-29(27)33-23-17-24-34-30(32)28(6-2)31(3,4)25-26-18-12-11-13-19-26/h11-13,15-16,18-19,21-22,28H,5-10,14,17,20,23-25H2,1-4H3/q+1. The summed E-state index contributed by atoms with van der Waals surface area (Å²) in [5.41, 5.74) is 2.51. The number of aryl methyl sites for hydroxylation is 1. The fraction of sp³-hybridized carbons (Fsp3) is 0.567. The van der Waals surface area contributed by atoms with Crippen molar-refractivity contribution in [2.24, 2.45) is 0 Å². The van der Waals surface area contributed by atoms with Crippen LogP contribution in [0.1, 0.15) is 76.3 Å². The summed E-state index contributed by atoms with van der Waals surface area (Å²) in [4.78, 5) is 12.8. The lowest BCUT2D eigenvalue weighted by molar-refractivity contribution is -0.919. The minimum absolute atomic E-state index is 0.119. The van der Waals surface area contributed by atoms with Crippen LogP contribution in [0.2, 0.25) is 0 Å². The Morgan fingerprint density at radius 2 is 1.50 bits per heavy atom. The lowest BCUT2D eigenvalue weighted by atomic mass is 10.0. The Balaban J connectivity index is 1.73. The Bertz CT molecular complexity index is 819. The van der Waals surface area contributed by atoms with Crippen LogP contribution in [0.4, 0.5) is 0 Å². The third-order valence-electron chi connectivity index (χ3n) is 6.50. The van der Waals surface area contributed by atoms with Crippen molar-refractivity contribution in [3.05, 3.63) is 65.7 Å². The first-order chi connectivity index (χ1) is 16.5. The molecule has 0 amide bonds. The van der Waals surface area contributed by atoms with Crippen LogP contribution in [0.15, 0.2) is 54.6 Å². The summed E-state index contributed by atoms with van der Waals surface area (Å²) in [6.07, 6.45) is 10.3. The highest BCUT2D eigenvalue weighted by Crippen LogP contribution is 2.21. The molecule has 4 nitrogen and oxygen atoms in total. The maximum atomic E-state index is 12.8. The molecule has 1 unspecified atom stereocenters. The number of likely N-dealkylation sites (N-methyl/N-ethyl adjacent to an activating group) is 1. The number of hydrogen-bond donors (Lipinski definition) is 0. The zero-order chi connectivity index (χ0) is 24.7. The maximum absolute atomic E-state index is 12.8. The monoisotopic (exact) mass is 468 g/mol. The average Bonchev–Trinajstić information content (AvgIpc) is 2.82. The van der Waals surface area contributed by atoms with Crippen molar-refractivity contribution >= 4 is 5.97 Å². The van der Waals surface area contributed by atoms with Crippen LogP contribution in [-0.4, -0.2) is 43.8 Å². The van der Waals surface area contributed by atoms with E-state index in [2.05, 4.69) is 58.3 Å². The quantitative estimate of drug-likeness (QED) is 0.143. The Labute approximate surface area is 207 Å². The molecule has 0 bridgehead atoms. The zero-order valence-corrected chi connectivity index (χ0v) is 21.9. The molecule has 0 N–H and O–H groups in total. The van der Waals surface area contributed by atoms with Gasteiger partial charge in [-0.1, -0.05) is 94.5 Å². The lowest BCUT2D eigenvalue weighted by Gasteiger charge is -2.36. The largest absolute Gasteiger partial charge is 0.493 e. The lowest BCUT2D eigenvalue weighted by Crippen LogP contribution is -2.52. The first-order valence-electron chi connectivity index (χ1n) is 13.2. The number of carbonyl (C=O) groups excluding carboxylic acids is 1. The number of para-hydroxylation sites is 1. The predicted octanol–water partition coefficient (Wildman–Crippen LogP) is 6.96. The van der Waals surface area contributed by atoms with Crippen molar-refractivity contribution in [1.82, 2.24) is 0 Å². The highest BCUT2D eigenvalue weighted by atomic mass is 16.5. The number of esters is 1. The molecule has 0 saturated carbocycles. The van der Waals surface area contributed by atoms with Gasteiger partial charge in [0.15, 0.2) is 6.04 Å². The second kappa shape index (κ2) is 15.5. The van der Waals surface area contributed by atoms with Gasteiger partial charge in [-0.2, -0.15) is 0 Å². The van der Waals surface area contributed by atoms with E-state index in [4.69, 9.17) is 9.47 Å². The Morgan fingerprint density at radius 1 is 0.824 bits per heavy atom. The van der Waals surface area contributed by atoms with Gasteiger partial charge in [0.2, 0.25) is 0 Å². The number of rotatable bonds is 17. The molecule has 0 radical (unpaired) electrons. The molecule has 0 fully saturated rings. The predicted molar refractivity (Wildman–Crippen MR) is 141 cm³/mol. The fourth-order valence-electron chi connectivity index (χ4n) is 4.57. The summed E-state index contributed by atoms with van der Waals surface area (Å²) in [6, 6.07) is 18.5. The van der Waals surface area contributed by atoms with E-state index < -0.39 is 0 Å². The van der Waals surface area contributed by atoms with E-state index in [1.165, 1.54) is 49.7 Å². The summed E-state index contributed by atoms with van der Waals surface area (Å²) in [6.45, 7) is 6.05. The van der Waals surface area contributed by atoms with Crippen LogP contribution in [0.25, 0.3) is 0 Å². The molecule has 1 atom stereocenters. The van der Waals surface area contributed by atoms with Gasteiger partial charge < -0.3 is 14.0 Å². The molecule has 0 aliphatic carbocycles. The number of ether oxygens (including phenoxy) is 2. The maximum Gasteiger partial charge on any atom is 0.364 e. The second-order valence-corrected chi connectivity index (χ2v) is 9.84. The molecule has 0 saturated heterocycles. The number of unbranched alkanes of at least 4 members (excludes halogenated alkanes) is 5. The van der Waals surface area contributed by atoms with E-state index in [0.29, 0.717) is 24.1 Å². The van der Waals surface area contributed by atoms with E-state index in [1.807, 2.05) is 24.3 Å². The topological polar surface area (TPSA) is 35.5 Å². The smallest absolute Gasteiger partial charge is 0.364 e. The van der Waals surface area contributed by atoms with Crippen LogP contribution in [-0.2, 0) is 22.5 Å². The summed E-state index contributed by atoms with van der Waals surface area (Å²) in [5, 5.41) is 0. The van der Waals surface area contributed by atoms with Crippen molar-refractivity contribution in [1.29, 1.82) is 0 Å². The first-order valence-corrected chi connectivity index (χ1v) is 13.2. The van der Waals surface area contributed by atoms with Crippen LogP contribution in [0.5, 0.6) is 5.75 Å². The third-order valence-corrected chi connectivity index (χ3v) is 6.50. The third kappa shape index (κ3) is 9.89. The van der Waals surface area contributed by atoms with Gasteiger partial charge in [-0.25, -0.2) is 4.79 Å². The van der Waals surface area contributed by atoms with Gasteiger partial charge in [0.1, 0.15) is 12.3 Å². The summed E-state index contributed by atoms with van der Waals surface area (Å²) >= 11 is 0. The number of hydrogen-bond acceptors (Lipinski definition) is 3. The SMILES string of the molecule is CCCCCCCCc1ccccc1OCCCOC(=O)C(CC)[N+](C)(C)Cc1ccccc1. The summed E-state index contributed by atoms with van der Waals surface area (Å²) < 4.78 is 12.3. The highest BCUT2D eigenvalue weighted by Gasteiger charge is 2.34. The zero-order valence-electron chi connectivity index (χ0n) is 21.9. The first kappa shape index (κ1) is 27.9. The molecule has 0 aromatic heterocycles. The Hall–Kier alpha value is -2.33. The number of quaternary nitrogens is 1. The molecule has 0 spiro atoms. The Kier molecular flexibility index (Phi) is 12.8. The molecule has 34 heavy (non-hydrogen) atoms. The fourth-order valence-corrected chi connectivity index (χ4v) is 4.57. The van der Waals surface area contributed by atoms with Gasteiger partial charge >= 0.3 is 5.97 Å². The molecular formula is C30H46NO3+. The normalized spacial score (nSPS) is 12.4. The summed E-state index contributed by atoms with van der Waals surface area (Å²) in [5.74, 6) is 0.849. The number of nitrogens with zero attached hydrogens (tertiary/aromatic N) is 1. The number of benzene rings is 2. The van der Waals surface area contributed by atoms with Crippen molar-refractivity contribution in [3.63, 3.8) is 0 Å². The second-order valence-electron chi connectivity index (χ2n) is 9.84.